The molecule has 0 heterocycles. The number of nitrogens with one attached hydrogen (secondary N) is 1. The monoisotopic (exact) mass is 661 g/mol. The highest BCUT2D eigenvalue weighted by molar-refractivity contribution is 7.92. The van der Waals surface area contributed by atoms with Crippen LogP contribution in [0.1, 0.15) is 37.0 Å². The molecule has 242 valence electrons. The molecule has 0 aliphatic rings. The van der Waals surface area contributed by atoms with Gasteiger partial charge in [0.2, 0.25) is 11.8 Å². The van der Waals surface area contributed by atoms with Crippen LogP contribution in [0.3, 0.4) is 0 Å². The molecule has 4 aromatic carbocycles. The van der Waals surface area contributed by atoms with Crippen molar-refractivity contribution < 1.29 is 22.7 Å². The van der Waals surface area contributed by atoms with E-state index in [-0.39, 0.29) is 41.2 Å². The maximum absolute atomic E-state index is 14.6. The summed E-state index contributed by atoms with van der Waals surface area (Å²) in [6, 6.07) is 28.5. The normalized spacial score (nSPS) is 12.5. The largest absolute Gasteiger partial charge is 0.495 e. The molecule has 0 aliphatic heterocycles. The second kappa shape index (κ2) is 15.8. The van der Waals surface area contributed by atoms with E-state index in [2.05, 4.69) is 5.32 Å². The molecule has 0 spiro atoms. The van der Waals surface area contributed by atoms with Crippen molar-refractivity contribution in [2.24, 2.45) is 0 Å². The molecule has 2 atom stereocenters. The minimum absolute atomic E-state index is 0.0168. The molecule has 46 heavy (non-hydrogen) atoms. The Morgan fingerprint density at radius 3 is 2.17 bits per heavy atom. The van der Waals surface area contributed by atoms with Gasteiger partial charge < -0.3 is 15.0 Å². The van der Waals surface area contributed by atoms with E-state index in [0.717, 1.165) is 15.4 Å². The summed E-state index contributed by atoms with van der Waals surface area (Å²) in [6.45, 7) is 5.14. The number of hydrogen-bond acceptors (Lipinski definition) is 5. The van der Waals surface area contributed by atoms with Crippen molar-refractivity contribution in [1.29, 1.82) is 0 Å². The second-order valence-corrected chi connectivity index (χ2v) is 13.5. The number of amides is 2. The van der Waals surface area contributed by atoms with E-state index in [1.54, 1.807) is 54.6 Å². The average Bonchev–Trinajstić information content (AvgIpc) is 3.05. The average molecular weight is 662 g/mol. The minimum atomic E-state index is -4.26. The number of rotatable bonds is 14. The van der Waals surface area contributed by atoms with Crippen LogP contribution in [0.4, 0.5) is 5.69 Å². The number of anilines is 1. The van der Waals surface area contributed by atoms with Crippen LogP contribution in [0, 0.1) is 6.92 Å². The van der Waals surface area contributed by atoms with Crippen LogP contribution in [0.5, 0.6) is 5.75 Å². The number of carbonyl (C=O) groups is 2. The molecule has 0 saturated carbocycles. The van der Waals surface area contributed by atoms with Crippen LogP contribution in [-0.2, 0) is 32.6 Å². The first-order chi connectivity index (χ1) is 22.0. The van der Waals surface area contributed by atoms with Gasteiger partial charge in [0.15, 0.2) is 0 Å². The van der Waals surface area contributed by atoms with E-state index in [1.807, 2.05) is 57.2 Å². The summed E-state index contributed by atoms with van der Waals surface area (Å²) in [5.74, 6) is -0.614. The van der Waals surface area contributed by atoms with Gasteiger partial charge >= 0.3 is 0 Å². The van der Waals surface area contributed by atoms with Crippen molar-refractivity contribution >= 4 is 39.1 Å². The third-order valence-corrected chi connectivity index (χ3v) is 9.74. The zero-order valence-electron chi connectivity index (χ0n) is 26.5. The molecule has 4 rings (SSSR count). The zero-order valence-corrected chi connectivity index (χ0v) is 28.1. The standard InChI is InChI=1S/C36H40ClN3O5S/c1-5-27(3)38-36(42)33(23-28-13-8-6-9-14-28)39(24-29-15-12-16-30(37)22-29)35(41)25-40(32-21-26(2)19-20-34(32)45-4)46(43,44)31-17-10-7-11-18-31/h6-22,27,33H,5,23-25H2,1-4H3,(H,38,42)/t27-,33-/m1/s1. The molecular weight excluding hydrogens is 622 g/mol. The fourth-order valence-electron chi connectivity index (χ4n) is 5.06. The molecule has 0 aliphatic carbocycles. The predicted octanol–water partition coefficient (Wildman–Crippen LogP) is 6.41. The molecule has 0 aromatic heterocycles. The lowest BCUT2D eigenvalue weighted by Gasteiger charge is -2.34. The summed E-state index contributed by atoms with van der Waals surface area (Å²) in [5.41, 5.74) is 2.54. The number of aryl methyl sites for hydroxylation is 1. The predicted molar refractivity (Wildman–Crippen MR) is 183 cm³/mol. The topological polar surface area (TPSA) is 96.0 Å². The van der Waals surface area contributed by atoms with Gasteiger partial charge in [0.25, 0.3) is 10.0 Å². The first kappa shape index (κ1) is 34.5. The maximum atomic E-state index is 14.6. The van der Waals surface area contributed by atoms with Crippen molar-refractivity contribution in [1.82, 2.24) is 10.2 Å². The van der Waals surface area contributed by atoms with E-state index in [0.29, 0.717) is 17.0 Å². The van der Waals surface area contributed by atoms with Crippen LogP contribution < -0.4 is 14.4 Å². The lowest BCUT2D eigenvalue weighted by atomic mass is 10.0. The van der Waals surface area contributed by atoms with Gasteiger partial charge in [0.1, 0.15) is 18.3 Å². The lowest BCUT2D eigenvalue weighted by Crippen LogP contribution is -2.54. The number of benzene rings is 4. The Kier molecular flexibility index (Phi) is 11.8. The molecular formula is C36H40ClN3O5S. The molecule has 2 amide bonds. The molecule has 8 nitrogen and oxygen atoms in total. The number of sulfonamides is 1. The summed E-state index contributed by atoms with van der Waals surface area (Å²) in [4.78, 5) is 30.1. The van der Waals surface area contributed by atoms with Gasteiger partial charge in [-0.3, -0.25) is 13.9 Å². The molecule has 4 aromatic rings. The SMILES string of the molecule is CC[C@@H](C)NC(=O)[C@@H](Cc1ccccc1)N(Cc1cccc(Cl)c1)C(=O)CN(c1cc(C)ccc1OC)S(=O)(=O)c1ccccc1. The highest BCUT2D eigenvalue weighted by atomic mass is 35.5. The first-order valence-corrected chi connectivity index (χ1v) is 17.0. The van der Waals surface area contributed by atoms with Crippen LogP contribution in [-0.4, -0.2) is 50.9 Å². The van der Waals surface area contributed by atoms with E-state index >= 15 is 0 Å². The number of hydrogen-bond donors (Lipinski definition) is 1. The fraction of sp³-hybridized carbons (Fsp3) is 0.278. The summed E-state index contributed by atoms with van der Waals surface area (Å²) >= 11 is 6.32. The van der Waals surface area contributed by atoms with E-state index in [4.69, 9.17) is 16.3 Å². The third-order valence-electron chi connectivity index (χ3n) is 7.73. The van der Waals surface area contributed by atoms with Crippen molar-refractivity contribution in [3.63, 3.8) is 0 Å². The number of halogens is 1. The Bertz CT molecular complexity index is 1740. The van der Waals surface area contributed by atoms with Crippen LogP contribution in [0.2, 0.25) is 5.02 Å². The number of ether oxygens (including phenoxy) is 1. The molecule has 0 radical (unpaired) electrons. The fourth-order valence-corrected chi connectivity index (χ4v) is 6.71. The number of carbonyl (C=O) groups excluding carboxylic acids is 2. The summed E-state index contributed by atoms with van der Waals surface area (Å²) in [6.07, 6.45) is 0.914. The van der Waals surface area contributed by atoms with Crippen molar-refractivity contribution in [2.75, 3.05) is 18.0 Å². The quantitative estimate of drug-likeness (QED) is 0.169. The summed E-state index contributed by atoms with van der Waals surface area (Å²) in [5, 5.41) is 3.52. The molecule has 0 bridgehead atoms. The van der Waals surface area contributed by atoms with Gasteiger partial charge in [0.05, 0.1) is 17.7 Å². The second-order valence-electron chi connectivity index (χ2n) is 11.2. The van der Waals surface area contributed by atoms with Crippen molar-refractivity contribution in [3.05, 3.63) is 125 Å². The number of methoxy groups -OCH3 is 1. The van der Waals surface area contributed by atoms with Gasteiger partial charge in [-0.25, -0.2) is 8.42 Å². The molecule has 0 saturated heterocycles. The zero-order chi connectivity index (χ0) is 33.3. The maximum Gasteiger partial charge on any atom is 0.264 e. The molecule has 0 fully saturated rings. The third kappa shape index (κ3) is 8.68. The van der Waals surface area contributed by atoms with Gasteiger partial charge in [-0.2, -0.15) is 0 Å². The van der Waals surface area contributed by atoms with Crippen LogP contribution in [0.15, 0.2) is 108 Å². The number of nitrogens with zero attached hydrogens (tertiary/aromatic N) is 2. The molecule has 10 heteroatoms. The van der Waals surface area contributed by atoms with Crippen LogP contribution in [0.25, 0.3) is 0 Å². The van der Waals surface area contributed by atoms with Crippen molar-refractivity contribution in [2.45, 2.75) is 57.1 Å². The molecule has 1 N–H and O–H groups in total. The Morgan fingerprint density at radius 1 is 0.891 bits per heavy atom. The first-order valence-electron chi connectivity index (χ1n) is 15.1. The highest BCUT2D eigenvalue weighted by Crippen LogP contribution is 2.34. The van der Waals surface area contributed by atoms with Crippen LogP contribution >= 0.6 is 11.6 Å². The smallest absolute Gasteiger partial charge is 0.264 e. The Morgan fingerprint density at radius 2 is 1.54 bits per heavy atom. The highest BCUT2D eigenvalue weighted by Gasteiger charge is 2.36. The van der Waals surface area contributed by atoms with E-state index in [1.165, 1.54) is 24.1 Å². The van der Waals surface area contributed by atoms with Gasteiger partial charge in [0, 0.05) is 24.0 Å². The van der Waals surface area contributed by atoms with E-state index in [9.17, 15) is 18.0 Å². The Balaban J connectivity index is 1.85. The Hall–Kier alpha value is -4.34. The van der Waals surface area contributed by atoms with Crippen molar-refractivity contribution in [3.8, 4) is 5.75 Å². The Labute approximate surface area is 277 Å². The van der Waals surface area contributed by atoms with Gasteiger partial charge in [-0.05, 0) is 73.4 Å². The minimum Gasteiger partial charge on any atom is -0.495 e. The van der Waals surface area contributed by atoms with E-state index < -0.39 is 28.5 Å². The van der Waals surface area contributed by atoms with Gasteiger partial charge in [-0.1, -0.05) is 85.3 Å². The lowest BCUT2D eigenvalue weighted by molar-refractivity contribution is -0.140. The summed E-state index contributed by atoms with van der Waals surface area (Å²) in [7, 11) is -2.81. The molecule has 0 unspecified atom stereocenters. The summed E-state index contributed by atoms with van der Waals surface area (Å²) < 4.78 is 35.1. The van der Waals surface area contributed by atoms with Gasteiger partial charge in [-0.15, -0.1) is 0 Å².